The highest BCUT2D eigenvalue weighted by atomic mass is 35.5. The van der Waals surface area contributed by atoms with Crippen LogP contribution in [-0.2, 0) is 0 Å². The Balaban J connectivity index is 3.20. The van der Waals surface area contributed by atoms with Crippen LogP contribution < -0.4 is 5.32 Å². The molecule has 0 radical (unpaired) electrons. The smallest absolute Gasteiger partial charge is 0.329 e. The first-order chi connectivity index (χ1) is 12.2. The summed E-state index contributed by atoms with van der Waals surface area (Å²) < 4.78 is 0. The molecule has 0 saturated carbocycles. The summed E-state index contributed by atoms with van der Waals surface area (Å²) in [6.45, 7) is 5.80. The van der Waals surface area contributed by atoms with E-state index >= 15 is 0 Å². The van der Waals surface area contributed by atoms with Crippen LogP contribution in [0.5, 0.6) is 0 Å². The maximum Gasteiger partial charge on any atom is 0.345 e. The molecule has 0 aliphatic carbocycles. The molecule has 0 heterocycles. The van der Waals surface area contributed by atoms with E-state index < -0.39 is 12.1 Å². The van der Waals surface area contributed by atoms with Crippen molar-refractivity contribution >= 4 is 57.9 Å². The molecule has 0 aliphatic heterocycles. The van der Waals surface area contributed by atoms with Crippen LogP contribution in [0.2, 0.25) is 10.0 Å². The molecular formula is C17H24Cl2N4O2S. The van der Waals surface area contributed by atoms with Crippen molar-refractivity contribution in [2.45, 2.75) is 33.2 Å². The number of amidine groups is 1. The number of halogens is 2. The van der Waals surface area contributed by atoms with Gasteiger partial charge in [0, 0.05) is 35.9 Å². The number of amides is 4. The van der Waals surface area contributed by atoms with Crippen molar-refractivity contribution in [3.05, 3.63) is 28.2 Å². The molecular weight excluding hydrogens is 395 g/mol. The predicted octanol–water partition coefficient (Wildman–Crippen LogP) is 5.42. The van der Waals surface area contributed by atoms with Crippen molar-refractivity contribution in [1.82, 2.24) is 9.80 Å². The second-order valence-corrected chi connectivity index (χ2v) is 7.82. The molecule has 1 N–H and O–H groups in total. The van der Waals surface area contributed by atoms with Crippen LogP contribution in [0.4, 0.5) is 15.3 Å². The Hall–Kier alpha value is -1.44. The van der Waals surface area contributed by atoms with Crippen LogP contribution in [0.3, 0.4) is 0 Å². The fourth-order valence-electron chi connectivity index (χ4n) is 1.93. The Labute approximate surface area is 168 Å². The van der Waals surface area contributed by atoms with E-state index in [1.54, 1.807) is 32.3 Å². The van der Waals surface area contributed by atoms with Gasteiger partial charge in [0.25, 0.3) is 0 Å². The van der Waals surface area contributed by atoms with Gasteiger partial charge in [-0.15, -0.1) is 0 Å². The van der Waals surface area contributed by atoms with Gasteiger partial charge < -0.3 is 10.2 Å². The summed E-state index contributed by atoms with van der Waals surface area (Å²) in [5, 5.41) is 3.97. The van der Waals surface area contributed by atoms with Gasteiger partial charge in [-0.2, -0.15) is 4.99 Å². The Bertz CT molecular complexity index is 662. The summed E-state index contributed by atoms with van der Waals surface area (Å²) in [6, 6.07) is 3.82. The lowest BCUT2D eigenvalue weighted by Gasteiger charge is -2.29. The van der Waals surface area contributed by atoms with Crippen LogP contribution in [-0.4, -0.2) is 52.9 Å². The number of hydrogen-bond acceptors (Lipinski definition) is 3. The molecule has 26 heavy (non-hydrogen) atoms. The average molecular weight is 419 g/mol. The number of anilines is 1. The number of carbonyl (C=O) groups excluding carboxylic acids is 2. The standard InChI is InChI=1S/C17H24Cl2N4O2S/c1-6-11(3)23(17(26-7-2)21-15(24)22(4)5)16(25)20-14-9-12(18)8-13(19)10-14/h8-11H,6-7H2,1-5H3,(H,20,25). The van der Waals surface area contributed by atoms with Gasteiger partial charge in [-0.05, 0) is 37.3 Å². The highest BCUT2D eigenvalue weighted by molar-refractivity contribution is 8.13. The largest absolute Gasteiger partial charge is 0.345 e. The summed E-state index contributed by atoms with van der Waals surface area (Å²) in [4.78, 5) is 31.9. The van der Waals surface area contributed by atoms with Crippen molar-refractivity contribution in [3.63, 3.8) is 0 Å². The van der Waals surface area contributed by atoms with Crippen molar-refractivity contribution in [3.8, 4) is 0 Å². The highest BCUT2D eigenvalue weighted by Gasteiger charge is 2.26. The van der Waals surface area contributed by atoms with Crippen molar-refractivity contribution in [2.75, 3.05) is 25.2 Å². The van der Waals surface area contributed by atoms with E-state index in [1.165, 1.54) is 21.6 Å². The number of urea groups is 2. The number of rotatable bonds is 4. The molecule has 1 unspecified atom stereocenters. The molecule has 1 aromatic rings. The van der Waals surface area contributed by atoms with Crippen LogP contribution in [0, 0.1) is 0 Å². The molecule has 6 nitrogen and oxygen atoms in total. The first-order valence-electron chi connectivity index (χ1n) is 8.18. The van der Waals surface area contributed by atoms with Gasteiger partial charge in [-0.1, -0.05) is 48.8 Å². The van der Waals surface area contributed by atoms with Gasteiger partial charge in [0.05, 0.1) is 0 Å². The first kappa shape index (κ1) is 22.6. The molecule has 0 aliphatic rings. The number of nitrogens with zero attached hydrogens (tertiary/aromatic N) is 3. The zero-order chi connectivity index (χ0) is 19.9. The minimum absolute atomic E-state index is 0.155. The van der Waals surface area contributed by atoms with Gasteiger partial charge in [0.2, 0.25) is 0 Å². The molecule has 0 fully saturated rings. The van der Waals surface area contributed by atoms with Gasteiger partial charge in [-0.25, -0.2) is 9.59 Å². The average Bonchev–Trinajstić information content (AvgIpc) is 2.53. The van der Waals surface area contributed by atoms with Gasteiger partial charge >= 0.3 is 12.1 Å². The van der Waals surface area contributed by atoms with E-state index in [-0.39, 0.29) is 6.04 Å². The first-order valence-corrected chi connectivity index (χ1v) is 9.92. The predicted molar refractivity (Wildman–Crippen MR) is 112 cm³/mol. The lowest BCUT2D eigenvalue weighted by Crippen LogP contribution is -2.45. The summed E-state index contributed by atoms with van der Waals surface area (Å²) in [7, 11) is 3.23. The molecule has 0 spiro atoms. The molecule has 1 rings (SSSR count). The van der Waals surface area contributed by atoms with E-state index in [0.29, 0.717) is 33.1 Å². The maximum absolute atomic E-state index is 12.9. The van der Waals surface area contributed by atoms with Crippen molar-refractivity contribution < 1.29 is 9.59 Å². The topological polar surface area (TPSA) is 65.0 Å². The number of nitrogens with one attached hydrogen (secondary N) is 1. The molecule has 9 heteroatoms. The monoisotopic (exact) mass is 418 g/mol. The number of aliphatic imine (C=N–C) groups is 1. The fourth-order valence-corrected chi connectivity index (χ4v) is 3.26. The van der Waals surface area contributed by atoms with Gasteiger partial charge in [-0.3, -0.25) is 4.90 Å². The Morgan fingerprint density at radius 3 is 2.23 bits per heavy atom. The Kier molecular flexibility index (Phi) is 9.25. The lowest BCUT2D eigenvalue weighted by atomic mass is 10.2. The number of benzene rings is 1. The SMILES string of the molecule is CCSC(=NC(=O)N(C)C)N(C(=O)Nc1cc(Cl)cc(Cl)c1)C(C)CC. The lowest BCUT2D eigenvalue weighted by molar-refractivity contribution is 0.222. The third kappa shape index (κ3) is 6.70. The third-order valence-electron chi connectivity index (χ3n) is 3.42. The van der Waals surface area contributed by atoms with Gasteiger partial charge in [0.1, 0.15) is 0 Å². The van der Waals surface area contributed by atoms with Crippen LogP contribution in [0.15, 0.2) is 23.2 Å². The van der Waals surface area contributed by atoms with E-state index in [4.69, 9.17) is 23.2 Å². The second-order valence-electron chi connectivity index (χ2n) is 5.72. The molecule has 4 amide bonds. The van der Waals surface area contributed by atoms with E-state index in [0.717, 1.165) is 0 Å². The molecule has 144 valence electrons. The third-order valence-corrected chi connectivity index (χ3v) is 4.69. The molecule has 0 aromatic heterocycles. The second kappa shape index (κ2) is 10.6. The number of carbonyl (C=O) groups is 2. The van der Waals surface area contributed by atoms with E-state index in [1.807, 2.05) is 20.8 Å². The molecule has 1 atom stereocenters. The zero-order valence-corrected chi connectivity index (χ0v) is 17.9. The normalized spacial score (nSPS) is 12.5. The molecule has 0 saturated heterocycles. The Morgan fingerprint density at radius 2 is 1.77 bits per heavy atom. The van der Waals surface area contributed by atoms with Crippen LogP contribution in [0.25, 0.3) is 0 Å². The zero-order valence-electron chi connectivity index (χ0n) is 15.5. The van der Waals surface area contributed by atoms with E-state index in [9.17, 15) is 9.59 Å². The van der Waals surface area contributed by atoms with E-state index in [2.05, 4.69) is 10.3 Å². The summed E-state index contributed by atoms with van der Waals surface area (Å²) in [5.74, 6) is 0.669. The highest BCUT2D eigenvalue weighted by Crippen LogP contribution is 2.24. The number of hydrogen-bond donors (Lipinski definition) is 1. The van der Waals surface area contributed by atoms with Crippen LogP contribution in [0.1, 0.15) is 27.2 Å². The molecule has 0 bridgehead atoms. The summed E-state index contributed by atoms with van der Waals surface area (Å²) >= 11 is 13.3. The fraction of sp³-hybridized carbons (Fsp3) is 0.471. The minimum atomic E-state index is -0.423. The summed E-state index contributed by atoms with van der Waals surface area (Å²) in [5.41, 5.74) is 0.473. The molecule has 1 aromatic carbocycles. The quantitative estimate of drug-likeness (QED) is 0.524. The van der Waals surface area contributed by atoms with Gasteiger partial charge in [0.15, 0.2) is 5.17 Å². The minimum Gasteiger partial charge on any atom is -0.329 e. The number of thioether (sulfide) groups is 1. The Morgan fingerprint density at radius 1 is 1.19 bits per heavy atom. The maximum atomic E-state index is 12.9. The summed E-state index contributed by atoms with van der Waals surface area (Å²) in [6.07, 6.45) is 0.698. The van der Waals surface area contributed by atoms with Crippen molar-refractivity contribution in [2.24, 2.45) is 4.99 Å². The van der Waals surface area contributed by atoms with Crippen molar-refractivity contribution in [1.29, 1.82) is 0 Å². The van der Waals surface area contributed by atoms with Crippen LogP contribution >= 0.6 is 35.0 Å².